The lowest BCUT2D eigenvalue weighted by Crippen LogP contribution is -2.13. The van der Waals surface area contributed by atoms with Crippen molar-refractivity contribution in [3.05, 3.63) is 56.7 Å². The van der Waals surface area contributed by atoms with Crippen LogP contribution in [-0.2, 0) is 0 Å². The third-order valence-electron chi connectivity index (χ3n) is 2.12. The van der Waals surface area contributed by atoms with E-state index in [4.69, 9.17) is 23.2 Å². The Hall–Kier alpha value is -1.10. The Bertz CT molecular complexity index is 604. The third-order valence-corrected chi connectivity index (χ3v) is 3.26. The molecule has 0 radical (unpaired) electrons. The number of hydrogen-bond donors (Lipinski definition) is 1. The van der Waals surface area contributed by atoms with Gasteiger partial charge in [-0.2, -0.15) is 0 Å². The van der Waals surface area contributed by atoms with E-state index >= 15 is 0 Å². The standard InChI is InChI=1S/C12H7BrCl2N2O/c13-8-5-4-7(14)6-10(8)17-12(18)9-2-1-3-11(15)16-9/h1-6H,(H,17,18). The van der Waals surface area contributed by atoms with Gasteiger partial charge in [0.2, 0.25) is 0 Å². The molecule has 18 heavy (non-hydrogen) atoms. The molecule has 0 spiro atoms. The molecule has 0 aliphatic heterocycles. The summed E-state index contributed by atoms with van der Waals surface area (Å²) in [5.74, 6) is -0.347. The maximum absolute atomic E-state index is 11.9. The highest BCUT2D eigenvalue weighted by Gasteiger charge is 2.10. The summed E-state index contributed by atoms with van der Waals surface area (Å²) in [4.78, 5) is 15.9. The van der Waals surface area contributed by atoms with E-state index in [0.717, 1.165) is 4.47 Å². The molecular weight excluding hydrogens is 339 g/mol. The quantitative estimate of drug-likeness (QED) is 0.819. The van der Waals surface area contributed by atoms with Gasteiger partial charge in [-0.15, -0.1) is 0 Å². The largest absolute Gasteiger partial charge is 0.320 e. The van der Waals surface area contributed by atoms with E-state index in [0.29, 0.717) is 10.7 Å². The van der Waals surface area contributed by atoms with Gasteiger partial charge in [-0.1, -0.05) is 29.3 Å². The zero-order valence-electron chi connectivity index (χ0n) is 8.95. The summed E-state index contributed by atoms with van der Waals surface area (Å²) in [6, 6.07) is 9.97. The first-order valence-electron chi connectivity index (χ1n) is 4.95. The van der Waals surface area contributed by atoms with Crippen molar-refractivity contribution in [1.82, 2.24) is 4.98 Å². The summed E-state index contributed by atoms with van der Waals surface area (Å²) in [5, 5.41) is 3.51. The van der Waals surface area contributed by atoms with Crippen molar-refractivity contribution in [1.29, 1.82) is 0 Å². The van der Waals surface area contributed by atoms with Gasteiger partial charge >= 0.3 is 0 Å². The molecule has 0 saturated carbocycles. The molecule has 0 saturated heterocycles. The number of pyridine rings is 1. The number of anilines is 1. The molecule has 0 unspecified atom stereocenters. The van der Waals surface area contributed by atoms with Gasteiger partial charge in [-0.25, -0.2) is 4.98 Å². The van der Waals surface area contributed by atoms with Crippen LogP contribution < -0.4 is 5.32 Å². The number of hydrogen-bond acceptors (Lipinski definition) is 2. The summed E-state index contributed by atoms with van der Waals surface area (Å²) in [5.41, 5.74) is 0.823. The zero-order chi connectivity index (χ0) is 13.1. The predicted octanol–water partition coefficient (Wildman–Crippen LogP) is 4.40. The molecule has 92 valence electrons. The molecule has 0 fully saturated rings. The fourth-order valence-corrected chi connectivity index (χ4v) is 2.00. The fourth-order valence-electron chi connectivity index (χ4n) is 1.31. The third kappa shape index (κ3) is 3.22. The maximum atomic E-state index is 11.9. The number of benzene rings is 1. The summed E-state index contributed by atoms with van der Waals surface area (Å²) in [7, 11) is 0. The lowest BCUT2D eigenvalue weighted by molar-refractivity contribution is 0.102. The average Bonchev–Trinajstić information content (AvgIpc) is 2.34. The zero-order valence-corrected chi connectivity index (χ0v) is 12.1. The van der Waals surface area contributed by atoms with Crippen LogP contribution in [0.2, 0.25) is 10.2 Å². The van der Waals surface area contributed by atoms with E-state index in [1.165, 1.54) is 0 Å². The van der Waals surface area contributed by atoms with E-state index in [1.807, 2.05) is 0 Å². The second kappa shape index (κ2) is 5.69. The Labute approximate surface area is 122 Å². The van der Waals surface area contributed by atoms with Crippen molar-refractivity contribution in [2.45, 2.75) is 0 Å². The van der Waals surface area contributed by atoms with Crippen LogP contribution in [0.4, 0.5) is 5.69 Å². The van der Waals surface area contributed by atoms with E-state index in [-0.39, 0.29) is 16.8 Å². The van der Waals surface area contributed by atoms with Crippen LogP contribution >= 0.6 is 39.1 Å². The molecule has 0 aliphatic carbocycles. The average molecular weight is 346 g/mol. The summed E-state index contributed by atoms with van der Waals surface area (Å²) in [6.45, 7) is 0. The molecule has 1 heterocycles. The first-order valence-corrected chi connectivity index (χ1v) is 6.50. The number of carbonyl (C=O) groups is 1. The molecule has 2 rings (SSSR count). The second-order valence-electron chi connectivity index (χ2n) is 3.42. The van der Waals surface area contributed by atoms with Crippen molar-refractivity contribution in [3.8, 4) is 0 Å². The second-order valence-corrected chi connectivity index (χ2v) is 5.10. The Balaban J connectivity index is 2.24. The maximum Gasteiger partial charge on any atom is 0.274 e. The van der Waals surface area contributed by atoms with Crippen molar-refractivity contribution in [2.75, 3.05) is 5.32 Å². The highest BCUT2D eigenvalue weighted by atomic mass is 79.9. The molecule has 1 aromatic heterocycles. The number of rotatable bonds is 2. The lowest BCUT2D eigenvalue weighted by atomic mass is 10.3. The molecule has 3 nitrogen and oxygen atoms in total. The normalized spacial score (nSPS) is 10.2. The van der Waals surface area contributed by atoms with Gasteiger partial charge in [0.1, 0.15) is 10.8 Å². The van der Waals surface area contributed by atoms with Gasteiger partial charge in [0, 0.05) is 9.50 Å². The van der Waals surface area contributed by atoms with Crippen LogP contribution in [-0.4, -0.2) is 10.9 Å². The van der Waals surface area contributed by atoms with Crippen molar-refractivity contribution in [3.63, 3.8) is 0 Å². The Morgan fingerprint density at radius 2 is 2.00 bits per heavy atom. The van der Waals surface area contributed by atoms with Crippen LogP contribution in [0.15, 0.2) is 40.9 Å². The number of nitrogens with zero attached hydrogens (tertiary/aromatic N) is 1. The van der Waals surface area contributed by atoms with E-state index in [9.17, 15) is 4.79 Å². The SMILES string of the molecule is O=C(Nc1cc(Cl)ccc1Br)c1cccc(Cl)n1. The summed E-state index contributed by atoms with van der Waals surface area (Å²) >= 11 is 14.9. The first-order chi connectivity index (χ1) is 8.56. The topological polar surface area (TPSA) is 42.0 Å². The van der Waals surface area contributed by atoms with E-state index < -0.39 is 0 Å². The van der Waals surface area contributed by atoms with E-state index in [1.54, 1.807) is 36.4 Å². The molecule has 0 bridgehead atoms. The molecule has 2 aromatic rings. The van der Waals surface area contributed by atoms with E-state index in [2.05, 4.69) is 26.2 Å². The van der Waals surface area contributed by atoms with Crippen LogP contribution in [0.3, 0.4) is 0 Å². The number of amides is 1. The first kappa shape index (κ1) is 13.3. The Morgan fingerprint density at radius 1 is 1.22 bits per heavy atom. The molecule has 0 atom stereocenters. The van der Waals surface area contributed by atoms with Gasteiger partial charge < -0.3 is 5.32 Å². The lowest BCUT2D eigenvalue weighted by Gasteiger charge is -2.07. The van der Waals surface area contributed by atoms with Gasteiger partial charge in [-0.05, 0) is 46.3 Å². The molecule has 0 aliphatic rings. The predicted molar refractivity (Wildman–Crippen MR) is 76.4 cm³/mol. The monoisotopic (exact) mass is 344 g/mol. The molecule has 1 N–H and O–H groups in total. The highest BCUT2D eigenvalue weighted by molar-refractivity contribution is 9.10. The van der Waals surface area contributed by atoms with Gasteiger partial charge in [0.25, 0.3) is 5.91 Å². The molecule has 1 aromatic carbocycles. The van der Waals surface area contributed by atoms with Crippen LogP contribution in [0, 0.1) is 0 Å². The number of halogens is 3. The number of carbonyl (C=O) groups excluding carboxylic acids is 1. The van der Waals surface area contributed by atoms with Crippen molar-refractivity contribution < 1.29 is 4.79 Å². The highest BCUT2D eigenvalue weighted by Crippen LogP contribution is 2.26. The summed E-state index contributed by atoms with van der Waals surface area (Å²) < 4.78 is 0.738. The number of aromatic nitrogens is 1. The summed E-state index contributed by atoms with van der Waals surface area (Å²) in [6.07, 6.45) is 0. The minimum absolute atomic E-state index is 0.245. The van der Waals surface area contributed by atoms with Crippen molar-refractivity contribution in [2.24, 2.45) is 0 Å². The van der Waals surface area contributed by atoms with Gasteiger partial charge in [0.15, 0.2) is 0 Å². The van der Waals surface area contributed by atoms with Crippen molar-refractivity contribution >= 4 is 50.7 Å². The minimum Gasteiger partial charge on any atom is -0.320 e. The van der Waals surface area contributed by atoms with Gasteiger partial charge in [0.05, 0.1) is 5.69 Å². The number of nitrogens with one attached hydrogen (secondary N) is 1. The van der Waals surface area contributed by atoms with Crippen LogP contribution in [0.25, 0.3) is 0 Å². The smallest absolute Gasteiger partial charge is 0.274 e. The molecule has 6 heteroatoms. The fraction of sp³-hybridized carbons (Fsp3) is 0. The van der Waals surface area contributed by atoms with Crippen LogP contribution in [0.5, 0.6) is 0 Å². The van der Waals surface area contributed by atoms with Gasteiger partial charge in [-0.3, -0.25) is 4.79 Å². The molecular formula is C12H7BrCl2N2O. The van der Waals surface area contributed by atoms with Crippen LogP contribution in [0.1, 0.15) is 10.5 Å². The minimum atomic E-state index is -0.347. The Kier molecular flexibility index (Phi) is 4.22. The Morgan fingerprint density at radius 3 is 2.72 bits per heavy atom. The molecule has 1 amide bonds.